The van der Waals surface area contributed by atoms with E-state index in [4.69, 9.17) is 0 Å². The van der Waals surface area contributed by atoms with Crippen molar-refractivity contribution in [2.24, 2.45) is 0 Å². The molecular weight excluding hydrogens is 264 g/mol. The summed E-state index contributed by atoms with van der Waals surface area (Å²) in [5.74, 6) is 0. The smallest absolute Gasteiger partial charge is 0.265 e. The van der Waals surface area contributed by atoms with E-state index in [0.717, 1.165) is 31.8 Å². The quantitative estimate of drug-likeness (QED) is 0.631. The lowest BCUT2D eigenvalue weighted by Crippen LogP contribution is -1.97. The first-order valence-electron chi connectivity index (χ1n) is 5.67. The van der Waals surface area contributed by atoms with Crippen LogP contribution in [0, 0.1) is 27.7 Å². The molecule has 0 bridgehead atoms. The fraction of sp³-hybridized carbons (Fsp3) is 0.308. The molecule has 3 rings (SSSR count). The summed E-state index contributed by atoms with van der Waals surface area (Å²) in [6.07, 6.45) is 0. The van der Waals surface area contributed by atoms with Gasteiger partial charge in [0.25, 0.3) is 4.06 Å². The van der Waals surface area contributed by atoms with Crippen molar-refractivity contribution in [3.05, 3.63) is 31.1 Å². The van der Waals surface area contributed by atoms with Gasteiger partial charge in [-0.1, -0.05) is 22.7 Å². The Kier molecular flexibility index (Phi) is 2.50. The van der Waals surface area contributed by atoms with Crippen molar-refractivity contribution < 1.29 is 0 Å². The van der Waals surface area contributed by atoms with Gasteiger partial charge in [-0.05, 0) is 49.9 Å². The number of aromatic nitrogens is 2. The van der Waals surface area contributed by atoms with Gasteiger partial charge >= 0.3 is 0 Å². The highest BCUT2D eigenvalue weighted by atomic mass is 32.2. The minimum absolute atomic E-state index is 0.0593. The van der Waals surface area contributed by atoms with Crippen molar-refractivity contribution >= 4 is 43.4 Å². The van der Waals surface area contributed by atoms with Crippen LogP contribution in [-0.4, -0.2) is 9.97 Å². The molecule has 0 saturated carbocycles. The Morgan fingerprint density at radius 2 is 1.11 bits per heavy atom. The number of benzene rings is 1. The number of nitrogens with zero attached hydrogens (tertiary/aromatic N) is 2. The van der Waals surface area contributed by atoms with Crippen molar-refractivity contribution in [3.63, 3.8) is 0 Å². The van der Waals surface area contributed by atoms with Crippen molar-refractivity contribution in [1.29, 1.82) is 0 Å². The third-order valence-corrected chi connectivity index (χ3v) is 5.51. The van der Waals surface area contributed by atoms with Crippen LogP contribution in [0.1, 0.15) is 22.3 Å². The second-order valence-corrected chi connectivity index (χ2v) is 6.67. The number of aryl methyl sites for hydroxylation is 2. The predicted molar refractivity (Wildman–Crippen MR) is 78.0 cm³/mol. The van der Waals surface area contributed by atoms with Crippen molar-refractivity contribution in [3.8, 4) is 0 Å². The molecule has 0 aliphatic carbocycles. The average molecular weight is 276 g/mol. The Morgan fingerprint density at radius 1 is 0.722 bits per heavy atom. The molecule has 5 heteroatoms. The molecule has 3 aromatic rings. The zero-order valence-corrected chi connectivity index (χ0v) is 12.3. The Labute approximate surface area is 112 Å². The molecule has 0 spiro atoms. The molecule has 2 aromatic heterocycles. The van der Waals surface area contributed by atoms with Crippen LogP contribution >= 0.6 is 22.7 Å². The fourth-order valence-corrected chi connectivity index (χ4v) is 3.90. The molecule has 0 fully saturated rings. The van der Waals surface area contributed by atoms with E-state index in [-0.39, 0.29) is 4.06 Å². The molecule has 0 radical (unpaired) electrons. The summed E-state index contributed by atoms with van der Waals surface area (Å²) < 4.78 is 0.0593. The third-order valence-electron chi connectivity index (χ3n) is 3.59. The van der Waals surface area contributed by atoms with E-state index in [1.54, 1.807) is 0 Å². The van der Waals surface area contributed by atoms with E-state index in [1.165, 1.54) is 33.8 Å². The maximum absolute atomic E-state index is 11.4. The molecule has 0 aliphatic rings. The molecule has 18 heavy (non-hydrogen) atoms. The Morgan fingerprint density at radius 3 is 1.50 bits per heavy atom. The average Bonchev–Trinajstić information content (AvgIpc) is 2.71. The predicted octanol–water partition coefficient (Wildman–Crippen LogP) is 3.50. The van der Waals surface area contributed by atoms with E-state index in [2.05, 4.69) is 37.7 Å². The SMILES string of the molecule is Cc1c(C)c(C)c2nc3sc(=O)sc3nc2c1C. The van der Waals surface area contributed by atoms with Crippen molar-refractivity contribution in [2.75, 3.05) is 0 Å². The van der Waals surface area contributed by atoms with Crippen molar-refractivity contribution in [2.45, 2.75) is 27.7 Å². The maximum Gasteiger partial charge on any atom is 0.291 e. The van der Waals surface area contributed by atoms with Crippen LogP contribution in [0.5, 0.6) is 0 Å². The first-order valence-corrected chi connectivity index (χ1v) is 7.30. The molecule has 3 nitrogen and oxygen atoms in total. The zero-order chi connectivity index (χ0) is 13.0. The van der Waals surface area contributed by atoms with Crippen LogP contribution in [-0.2, 0) is 0 Å². The summed E-state index contributed by atoms with van der Waals surface area (Å²) in [4.78, 5) is 22.2. The molecule has 0 aliphatic heterocycles. The Bertz CT molecular complexity index is 778. The molecule has 0 amide bonds. The van der Waals surface area contributed by atoms with Crippen LogP contribution in [0.3, 0.4) is 0 Å². The summed E-state index contributed by atoms with van der Waals surface area (Å²) in [6.45, 7) is 8.36. The van der Waals surface area contributed by atoms with E-state index in [9.17, 15) is 4.79 Å². The number of rotatable bonds is 0. The summed E-state index contributed by atoms with van der Waals surface area (Å²) in [5.41, 5.74) is 6.70. The summed E-state index contributed by atoms with van der Waals surface area (Å²) >= 11 is 2.36. The van der Waals surface area contributed by atoms with Crippen LogP contribution in [0.2, 0.25) is 0 Å². The largest absolute Gasteiger partial charge is 0.291 e. The maximum atomic E-state index is 11.4. The van der Waals surface area contributed by atoms with Gasteiger partial charge in [-0.25, -0.2) is 9.97 Å². The topological polar surface area (TPSA) is 42.9 Å². The summed E-state index contributed by atoms with van der Waals surface area (Å²) in [6, 6.07) is 0. The van der Waals surface area contributed by atoms with Crippen LogP contribution in [0.25, 0.3) is 20.7 Å². The van der Waals surface area contributed by atoms with Gasteiger partial charge in [-0.3, -0.25) is 4.79 Å². The normalized spacial score (nSPS) is 11.6. The highest BCUT2D eigenvalue weighted by Crippen LogP contribution is 2.29. The summed E-state index contributed by atoms with van der Waals surface area (Å²) in [7, 11) is 0. The molecule has 0 atom stereocenters. The second-order valence-electron chi connectivity index (χ2n) is 4.49. The van der Waals surface area contributed by atoms with E-state index in [1.807, 2.05) is 0 Å². The van der Waals surface area contributed by atoms with Crippen LogP contribution in [0.15, 0.2) is 4.79 Å². The molecular formula is C13H12N2OS2. The zero-order valence-electron chi connectivity index (χ0n) is 10.6. The lowest BCUT2D eigenvalue weighted by atomic mass is 9.97. The molecule has 0 N–H and O–H groups in total. The van der Waals surface area contributed by atoms with E-state index < -0.39 is 0 Å². The van der Waals surface area contributed by atoms with Gasteiger partial charge < -0.3 is 0 Å². The van der Waals surface area contributed by atoms with E-state index in [0.29, 0.717) is 0 Å². The first-order chi connectivity index (χ1) is 8.49. The van der Waals surface area contributed by atoms with E-state index >= 15 is 0 Å². The van der Waals surface area contributed by atoms with Gasteiger partial charge in [-0.15, -0.1) is 0 Å². The molecule has 1 aromatic carbocycles. The molecule has 0 unspecified atom stereocenters. The third kappa shape index (κ3) is 1.51. The molecule has 0 saturated heterocycles. The Hall–Kier alpha value is -1.33. The second kappa shape index (κ2) is 3.83. The Balaban J connectivity index is 2.61. The van der Waals surface area contributed by atoms with Gasteiger partial charge in [-0.2, -0.15) is 0 Å². The highest BCUT2D eigenvalue weighted by molar-refractivity contribution is 7.35. The minimum Gasteiger partial charge on any atom is -0.265 e. The van der Waals surface area contributed by atoms with Gasteiger partial charge in [0.2, 0.25) is 0 Å². The first kappa shape index (κ1) is 11.7. The number of hydrogen-bond donors (Lipinski definition) is 0. The minimum atomic E-state index is 0.0593. The molecule has 92 valence electrons. The molecule has 2 heterocycles. The van der Waals surface area contributed by atoms with Crippen molar-refractivity contribution in [1.82, 2.24) is 9.97 Å². The fourth-order valence-electron chi connectivity index (χ4n) is 2.16. The lowest BCUT2D eigenvalue weighted by molar-refractivity contribution is 1.22. The van der Waals surface area contributed by atoms with Gasteiger partial charge in [0.15, 0.2) is 9.66 Å². The monoisotopic (exact) mass is 276 g/mol. The summed E-state index contributed by atoms with van der Waals surface area (Å²) in [5, 5.41) is 0. The highest BCUT2D eigenvalue weighted by Gasteiger charge is 2.14. The van der Waals surface area contributed by atoms with Gasteiger partial charge in [0, 0.05) is 0 Å². The van der Waals surface area contributed by atoms with Crippen LogP contribution in [0.4, 0.5) is 0 Å². The van der Waals surface area contributed by atoms with Gasteiger partial charge in [0.1, 0.15) is 0 Å². The standard InChI is InChI=1S/C13H12N2OS2/c1-5-6(2)8(4)10-9(7(5)3)14-11-12(15-10)18-13(16)17-11/h1-4H3. The van der Waals surface area contributed by atoms with Gasteiger partial charge in [0.05, 0.1) is 11.0 Å². The number of hydrogen-bond acceptors (Lipinski definition) is 5. The van der Waals surface area contributed by atoms with Crippen LogP contribution < -0.4 is 4.06 Å². The number of fused-ring (bicyclic) bond motifs is 2. The lowest BCUT2D eigenvalue weighted by Gasteiger charge is -2.12.